The summed E-state index contributed by atoms with van der Waals surface area (Å²) in [5.74, 6) is 1.21. The maximum Gasteiger partial charge on any atom is 0.495 e. The van der Waals surface area contributed by atoms with Crippen molar-refractivity contribution in [2.75, 3.05) is 13.2 Å². The molecule has 2 heterocycles. The van der Waals surface area contributed by atoms with Gasteiger partial charge in [0.2, 0.25) is 0 Å². The molecular formula is C19H27BO3. The van der Waals surface area contributed by atoms with E-state index in [1.807, 2.05) is 0 Å². The van der Waals surface area contributed by atoms with Gasteiger partial charge in [-0.1, -0.05) is 18.2 Å². The Balaban J connectivity index is 1.71. The molecule has 4 heteroatoms. The fourth-order valence-corrected chi connectivity index (χ4v) is 3.59. The van der Waals surface area contributed by atoms with Gasteiger partial charge in [0.1, 0.15) is 0 Å². The van der Waals surface area contributed by atoms with Crippen LogP contribution in [0.4, 0.5) is 0 Å². The van der Waals surface area contributed by atoms with Crippen LogP contribution in [0.2, 0.25) is 0 Å². The molecule has 3 aliphatic rings. The Morgan fingerprint density at radius 3 is 2.22 bits per heavy atom. The van der Waals surface area contributed by atoms with Crippen LogP contribution in [-0.4, -0.2) is 31.5 Å². The molecule has 0 radical (unpaired) electrons. The van der Waals surface area contributed by atoms with Gasteiger partial charge in [-0.3, -0.25) is 0 Å². The molecule has 23 heavy (non-hydrogen) atoms. The van der Waals surface area contributed by atoms with Gasteiger partial charge in [0, 0.05) is 12.5 Å². The van der Waals surface area contributed by atoms with Crippen molar-refractivity contribution in [1.29, 1.82) is 0 Å². The Kier molecular flexibility index (Phi) is 3.64. The van der Waals surface area contributed by atoms with Crippen molar-refractivity contribution < 1.29 is 14.0 Å². The highest BCUT2D eigenvalue weighted by atomic mass is 16.7. The van der Waals surface area contributed by atoms with Gasteiger partial charge in [-0.25, -0.2) is 0 Å². The van der Waals surface area contributed by atoms with E-state index in [-0.39, 0.29) is 18.3 Å². The molecule has 124 valence electrons. The first-order chi connectivity index (χ1) is 10.9. The fourth-order valence-electron chi connectivity index (χ4n) is 3.59. The van der Waals surface area contributed by atoms with Crippen LogP contribution in [0.25, 0.3) is 0 Å². The molecular weight excluding hydrogens is 287 g/mol. The van der Waals surface area contributed by atoms with Gasteiger partial charge in [0.25, 0.3) is 0 Å². The first-order valence-corrected chi connectivity index (χ1v) is 8.94. The number of rotatable bonds is 3. The minimum absolute atomic E-state index is 0.269. The number of hydrogen-bond donors (Lipinski definition) is 0. The summed E-state index contributed by atoms with van der Waals surface area (Å²) >= 11 is 0. The second kappa shape index (κ2) is 5.33. The Morgan fingerprint density at radius 1 is 0.957 bits per heavy atom. The maximum absolute atomic E-state index is 6.34. The Labute approximate surface area is 139 Å². The molecule has 1 unspecified atom stereocenters. The minimum Gasteiger partial charge on any atom is -0.399 e. The third-order valence-electron chi connectivity index (χ3n) is 6.04. The molecule has 2 aliphatic heterocycles. The Hall–Kier alpha value is -0.835. The van der Waals surface area contributed by atoms with Crippen LogP contribution in [0, 0.1) is 0 Å². The lowest BCUT2D eigenvalue weighted by molar-refractivity contribution is 0.00578. The summed E-state index contributed by atoms with van der Waals surface area (Å²) in [6, 6.07) is 6.95. The van der Waals surface area contributed by atoms with E-state index in [1.54, 1.807) is 0 Å². The topological polar surface area (TPSA) is 27.7 Å². The van der Waals surface area contributed by atoms with Gasteiger partial charge < -0.3 is 14.0 Å². The predicted octanol–water partition coefficient (Wildman–Crippen LogP) is 3.37. The average molecular weight is 314 g/mol. The normalized spacial score (nSPS) is 29.2. The van der Waals surface area contributed by atoms with Crippen LogP contribution in [0.15, 0.2) is 18.2 Å². The quantitative estimate of drug-likeness (QED) is 0.801. The van der Waals surface area contributed by atoms with Crippen molar-refractivity contribution in [3.05, 3.63) is 29.3 Å². The van der Waals surface area contributed by atoms with Gasteiger partial charge in [0.15, 0.2) is 0 Å². The fraction of sp³-hybridized carbons (Fsp3) is 0.684. The highest BCUT2D eigenvalue weighted by Crippen LogP contribution is 2.41. The number of hydrogen-bond acceptors (Lipinski definition) is 3. The van der Waals surface area contributed by atoms with E-state index in [0.29, 0.717) is 5.92 Å². The van der Waals surface area contributed by atoms with Crippen molar-refractivity contribution in [1.82, 2.24) is 0 Å². The molecule has 0 bridgehead atoms. The van der Waals surface area contributed by atoms with Crippen LogP contribution in [0.5, 0.6) is 0 Å². The zero-order valence-electron chi connectivity index (χ0n) is 14.7. The second-order valence-electron chi connectivity index (χ2n) is 8.31. The molecule has 3 fully saturated rings. The van der Waals surface area contributed by atoms with Crippen LogP contribution >= 0.6 is 0 Å². The average Bonchev–Trinajstić information content (AvgIpc) is 3.14. The van der Waals surface area contributed by atoms with E-state index in [1.165, 1.54) is 29.4 Å². The Morgan fingerprint density at radius 2 is 1.65 bits per heavy atom. The summed E-state index contributed by atoms with van der Waals surface area (Å²) < 4.78 is 18.3. The van der Waals surface area contributed by atoms with Crippen molar-refractivity contribution >= 4 is 12.6 Å². The van der Waals surface area contributed by atoms with Gasteiger partial charge in [-0.2, -0.15) is 0 Å². The zero-order chi connectivity index (χ0) is 16.2. The molecule has 1 aromatic rings. The maximum atomic E-state index is 6.34. The number of ether oxygens (including phenoxy) is 1. The highest BCUT2D eigenvalue weighted by molar-refractivity contribution is 6.62. The van der Waals surface area contributed by atoms with Crippen molar-refractivity contribution in [3.8, 4) is 0 Å². The largest absolute Gasteiger partial charge is 0.495 e. The first-order valence-electron chi connectivity index (χ1n) is 8.94. The summed E-state index contributed by atoms with van der Waals surface area (Å²) in [5.41, 5.74) is 3.43. The lowest BCUT2D eigenvalue weighted by atomic mass is 9.72. The number of benzene rings is 1. The second-order valence-corrected chi connectivity index (χ2v) is 8.31. The SMILES string of the molecule is CC1(C)OB(c2cc(C3CC3)ccc2C2CCOC2)OC1(C)C. The third-order valence-corrected chi connectivity index (χ3v) is 6.04. The monoisotopic (exact) mass is 314 g/mol. The summed E-state index contributed by atoms with van der Waals surface area (Å²) in [5, 5.41) is 0. The minimum atomic E-state index is -0.295. The van der Waals surface area contributed by atoms with E-state index in [0.717, 1.165) is 25.6 Å². The summed E-state index contributed by atoms with van der Waals surface area (Å²) in [7, 11) is -0.269. The van der Waals surface area contributed by atoms with Gasteiger partial charge in [0.05, 0.1) is 17.8 Å². The van der Waals surface area contributed by atoms with E-state index >= 15 is 0 Å². The van der Waals surface area contributed by atoms with Gasteiger partial charge >= 0.3 is 7.12 Å². The molecule has 1 saturated carbocycles. The smallest absolute Gasteiger partial charge is 0.399 e. The van der Waals surface area contributed by atoms with Crippen molar-refractivity contribution in [3.63, 3.8) is 0 Å². The van der Waals surface area contributed by atoms with E-state index < -0.39 is 0 Å². The Bertz CT molecular complexity index is 585. The molecule has 0 aromatic heterocycles. The van der Waals surface area contributed by atoms with Crippen LogP contribution in [0.1, 0.15) is 69.9 Å². The molecule has 0 spiro atoms. The van der Waals surface area contributed by atoms with E-state index in [4.69, 9.17) is 14.0 Å². The van der Waals surface area contributed by atoms with Crippen LogP contribution in [-0.2, 0) is 14.0 Å². The third kappa shape index (κ3) is 2.75. The molecule has 1 aliphatic carbocycles. The molecule has 3 nitrogen and oxygen atoms in total. The first kappa shape index (κ1) is 15.7. The highest BCUT2D eigenvalue weighted by Gasteiger charge is 2.52. The molecule has 2 saturated heterocycles. The van der Waals surface area contributed by atoms with E-state index in [2.05, 4.69) is 45.9 Å². The molecule has 0 amide bonds. The van der Waals surface area contributed by atoms with Crippen molar-refractivity contribution in [2.24, 2.45) is 0 Å². The summed E-state index contributed by atoms with van der Waals surface area (Å²) in [6.07, 6.45) is 3.72. The standard InChI is InChI=1S/C19H27BO3/c1-18(2)19(3,4)23-20(22-18)17-11-14(13-5-6-13)7-8-16(17)15-9-10-21-12-15/h7-8,11,13,15H,5-6,9-10,12H2,1-4H3. The van der Waals surface area contributed by atoms with Gasteiger partial charge in [-0.15, -0.1) is 0 Å². The molecule has 1 aromatic carbocycles. The molecule has 4 rings (SSSR count). The predicted molar refractivity (Wildman–Crippen MR) is 92.3 cm³/mol. The summed E-state index contributed by atoms with van der Waals surface area (Å²) in [4.78, 5) is 0. The van der Waals surface area contributed by atoms with Crippen LogP contribution < -0.4 is 5.46 Å². The zero-order valence-corrected chi connectivity index (χ0v) is 14.7. The molecule has 1 atom stereocenters. The lowest BCUT2D eigenvalue weighted by Gasteiger charge is -2.32. The van der Waals surface area contributed by atoms with Crippen LogP contribution in [0.3, 0.4) is 0 Å². The lowest BCUT2D eigenvalue weighted by Crippen LogP contribution is -2.41. The van der Waals surface area contributed by atoms with Crippen molar-refractivity contribution in [2.45, 2.75) is 70.0 Å². The summed E-state index contributed by atoms with van der Waals surface area (Å²) in [6.45, 7) is 10.2. The van der Waals surface area contributed by atoms with E-state index in [9.17, 15) is 0 Å². The van der Waals surface area contributed by atoms with Gasteiger partial charge in [-0.05, 0) is 69.5 Å². The molecule has 0 N–H and O–H groups in total.